The molecule has 164 valence electrons. The van der Waals surface area contributed by atoms with Crippen molar-refractivity contribution in [2.24, 2.45) is 5.73 Å². The van der Waals surface area contributed by atoms with Gasteiger partial charge in [-0.2, -0.15) is 0 Å². The molecule has 2 aliphatic heterocycles. The Kier molecular flexibility index (Phi) is 5.79. The monoisotopic (exact) mass is 429 g/mol. The molecule has 5 rings (SSSR count). The van der Waals surface area contributed by atoms with Crippen molar-refractivity contribution in [2.45, 2.75) is 12.1 Å². The maximum absolute atomic E-state index is 13.1. The summed E-state index contributed by atoms with van der Waals surface area (Å²) in [6.07, 6.45) is 0. The number of ether oxygens (including phenoxy) is 2. The Hall–Kier alpha value is -3.35. The maximum atomic E-state index is 13.1. The summed E-state index contributed by atoms with van der Waals surface area (Å²) < 4.78 is 10.8. The molecular formula is C26H27N3O3. The lowest BCUT2D eigenvalue weighted by Gasteiger charge is -2.41. The highest BCUT2D eigenvalue weighted by atomic mass is 16.7. The van der Waals surface area contributed by atoms with Gasteiger partial charge in [0.15, 0.2) is 11.5 Å². The summed E-state index contributed by atoms with van der Waals surface area (Å²) in [7, 11) is 0. The lowest BCUT2D eigenvalue weighted by molar-refractivity contribution is 0.0537. The van der Waals surface area contributed by atoms with E-state index in [9.17, 15) is 4.79 Å². The molecule has 0 radical (unpaired) electrons. The van der Waals surface area contributed by atoms with E-state index in [1.807, 2.05) is 29.2 Å². The number of rotatable bonds is 5. The van der Waals surface area contributed by atoms with Gasteiger partial charge in [-0.05, 0) is 29.3 Å². The van der Waals surface area contributed by atoms with Gasteiger partial charge in [-0.25, -0.2) is 0 Å². The zero-order valence-corrected chi connectivity index (χ0v) is 17.9. The van der Waals surface area contributed by atoms with Crippen LogP contribution in [0, 0.1) is 0 Å². The third kappa shape index (κ3) is 4.07. The van der Waals surface area contributed by atoms with E-state index in [2.05, 4.69) is 41.3 Å². The predicted molar refractivity (Wildman–Crippen MR) is 123 cm³/mol. The number of amides is 1. The van der Waals surface area contributed by atoms with Crippen LogP contribution in [0.5, 0.6) is 11.5 Å². The minimum absolute atomic E-state index is 0.0200. The first-order valence-corrected chi connectivity index (χ1v) is 11.0. The highest BCUT2D eigenvalue weighted by molar-refractivity contribution is 5.95. The van der Waals surface area contributed by atoms with E-state index in [0.717, 1.165) is 18.7 Å². The first-order valence-electron chi connectivity index (χ1n) is 11.0. The molecule has 2 atom stereocenters. The van der Waals surface area contributed by atoms with E-state index in [1.165, 1.54) is 5.56 Å². The van der Waals surface area contributed by atoms with Crippen molar-refractivity contribution in [3.05, 3.63) is 95.6 Å². The molecule has 0 spiro atoms. The van der Waals surface area contributed by atoms with Gasteiger partial charge in [-0.1, -0.05) is 60.7 Å². The molecular weight excluding hydrogens is 402 g/mol. The number of hydrogen-bond donors (Lipinski definition) is 1. The Bertz CT molecular complexity index is 1070. The first kappa shape index (κ1) is 20.5. The molecule has 1 amide bonds. The zero-order valence-electron chi connectivity index (χ0n) is 17.9. The third-order valence-electron chi connectivity index (χ3n) is 6.28. The molecule has 0 aliphatic carbocycles. The number of carbonyl (C=O) groups is 1. The Morgan fingerprint density at radius 1 is 0.781 bits per heavy atom. The molecule has 2 N–H and O–H groups in total. The van der Waals surface area contributed by atoms with E-state index < -0.39 is 0 Å². The standard InChI is InChI=1S/C26H27N3O3/c27-24(19-7-3-1-4-8-19)25(20-9-5-2-6-10-20)28-13-15-29(16-14-28)26(30)21-11-12-22-23(17-21)32-18-31-22/h1-12,17,24-25H,13-16,18,27H2. The molecule has 6 nitrogen and oxygen atoms in total. The van der Waals surface area contributed by atoms with Crippen LogP contribution < -0.4 is 15.2 Å². The van der Waals surface area contributed by atoms with E-state index in [0.29, 0.717) is 30.2 Å². The van der Waals surface area contributed by atoms with Crippen LogP contribution in [0.25, 0.3) is 0 Å². The average molecular weight is 430 g/mol. The number of piperazine rings is 1. The molecule has 0 bridgehead atoms. The second-order valence-electron chi connectivity index (χ2n) is 8.19. The minimum atomic E-state index is -0.158. The molecule has 3 aromatic rings. The summed E-state index contributed by atoms with van der Waals surface area (Å²) in [4.78, 5) is 17.4. The van der Waals surface area contributed by atoms with Gasteiger partial charge in [0.05, 0.1) is 6.04 Å². The molecule has 0 aromatic heterocycles. The van der Waals surface area contributed by atoms with Gasteiger partial charge in [0, 0.05) is 37.8 Å². The molecule has 2 aliphatic rings. The smallest absolute Gasteiger partial charge is 0.254 e. The molecule has 1 fully saturated rings. The second-order valence-corrected chi connectivity index (χ2v) is 8.19. The third-order valence-corrected chi connectivity index (χ3v) is 6.28. The number of nitrogens with zero attached hydrogens (tertiary/aromatic N) is 2. The van der Waals surface area contributed by atoms with Crippen molar-refractivity contribution in [1.82, 2.24) is 9.80 Å². The van der Waals surface area contributed by atoms with Gasteiger partial charge in [-0.3, -0.25) is 9.69 Å². The summed E-state index contributed by atoms with van der Waals surface area (Å²) >= 11 is 0. The fourth-order valence-corrected chi connectivity index (χ4v) is 4.57. The molecule has 6 heteroatoms. The Morgan fingerprint density at radius 3 is 2.09 bits per heavy atom. The summed E-state index contributed by atoms with van der Waals surface area (Å²) in [6, 6.07) is 25.9. The summed E-state index contributed by atoms with van der Waals surface area (Å²) in [5.41, 5.74) is 9.72. The van der Waals surface area contributed by atoms with Gasteiger partial charge < -0.3 is 20.1 Å². The largest absolute Gasteiger partial charge is 0.454 e. The van der Waals surface area contributed by atoms with Crippen LogP contribution in [-0.4, -0.2) is 48.7 Å². The van der Waals surface area contributed by atoms with Crippen LogP contribution in [0.15, 0.2) is 78.9 Å². The van der Waals surface area contributed by atoms with E-state index in [1.54, 1.807) is 18.2 Å². The summed E-state index contributed by atoms with van der Waals surface area (Å²) in [5, 5.41) is 0. The topological polar surface area (TPSA) is 68.0 Å². The highest BCUT2D eigenvalue weighted by Gasteiger charge is 2.32. The first-order chi connectivity index (χ1) is 15.7. The fraction of sp³-hybridized carbons (Fsp3) is 0.269. The number of nitrogens with two attached hydrogens (primary N) is 1. The van der Waals surface area contributed by atoms with Gasteiger partial charge in [0.2, 0.25) is 6.79 Å². The molecule has 0 saturated carbocycles. The number of hydrogen-bond acceptors (Lipinski definition) is 5. The van der Waals surface area contributed by atoms with Crippen molar-refractivity contribution >= 4 is 5.91 Å². The van der Waals surface area contributed by atoms with Gasteiger partial charge in [0.1, 0.15) is 0 Å². The fourth-order valence-electron chi connectivity index (χ4n) is 4.57. The van der Waals surface area contributed by atoms with Crippen LogP contribution in [0.2, 0.25) is 0 Å². The second kappa shape index (κ2) is 9.02. The van der Waals surface area contributed by atoms with Gasteiger partial charge in [0.25, 0.3) is 5.91 Å². The quantitative estimate of drug-likeness (QED) is 0.671. The lowest BCUT2D eigenvalue weighted by Crippen LogP contribution is -2.51. The normalized spacial score (nSPS) is 17.7. The van der Waals surface area contributed by atoms with Gasteiger partial charge in [-0.15, -0.1) is 0 Å². The highest BCUT2D eigenvalue weighted by Crippen LogP contribution is 2.35. The van der Waals surface area contributed by atoms with Crippen molar-refractivity contribution < 1.29 is 14.3 Å². The van der Waals surface area contributed by atoms with Crippen molar-refractivity contribution in [1.29, 1.82) is 0 Å². The average Bonchev–Trinajstić information content (AvgIpc) is 3.33. The van der Waals surface area contributed by atoms with Crippen LogP contribution in [0.4, 0.5) is 0 Å². The van der Waals surface area contributed by atoms with Crippen LogP contribution in [0.1, 0.15) is 33.6 Å². The lowest BCUT2D eigenvalue weighted by atomic mass is 9.92. The van der Waals surface area contributed by atoms with Crippen LogP contribution in [0.3, 0.4) is 0 Å². The number of fused-ring (bicyclic) bond motifs is 1. The maximum Gasteiger partial charge on any atom is 0.254 e. The summed E-state index contributed by atoms with van der Waals surface area (Å²) in [6.45, 7) is 3.03. The molecule has 1 saturated heterocycles. The van der Waals surface area contributed by atoms with E-state index in [4.69, 9.17) is 15.2 Å². The van der Waals surface area contributed by atoms with Crippen molar-refractivity contribution in [2.75, 3.05) is 33.0 Å². The van der Waals surface area contributed by atoms with Crippen LogP contribution >= 0.6 is 0 Å². The minimum Gasteiger partial charge on any atom is -0.454 e. The molecule has 32 heavy (non-hydrogen) atoms. The number of benzene rings is 3. The Balaban J connectivity index is 1.32. The van der Waals surface area contributed by atoms with E-state index >= 15 is 0 Å². The SMILES string of the molecule is NC(c1ccccc1)C(c1ccccc1)N1CCN(C(=O)c2ccc3c(c2)OCO3)CC1. The summed E-state index contributed by atoms with van der Waals surface area (Å²) in [5.74, 6) is 1.34. The predicted octanol–water partition coefficient (Wildman–Crippen LogP) is 3.61. The van der Waals surface area contributed by atoms with Gasteiger partial charge >= 0.3 is 0 Å². The number of carbonyl (C=O) groups excluding carboxylic acids is 1. The zero-order chi connectivity index (χ0) is 21.9. The molecule has 3 aromatic carbocycles. The molecule has 2 unspecified atom stereocenters. The van der Waals surface area contributed by atoms with Crippen molar-refractivity contribution in [3.63, 3.8) is 0 Å². The van der Waals surface area contributed by atoms with Crippen molar-refractivity contribution in [3.8, 4) is 11.5 Å². The molecule has 2 heterocycles. The Morgan fingerprint density at radius 2 is 1.41 bits per heavy atom. The Labute approximate surface area is 188 Å². The van der Waals surface area contributed by atoms with Crippen LogP contribution in [-0.2, 0) is 0 Å². The van der Waals surface area contributed by atoms with E-state index in [-0.39, 0.29) is 24.8 Å².